The van der Waals surface area contributed by atoms with E-state index in [4.69, 9.17) is 11.6 Å². The summed E-state index contributed by atoms with van der Waals surface area (Å²) in [6.45, 7) is 0. The number of hydrogen-bond donors (Lipinski definition) is 1. The van der Waals surface area contributed by atoms with Gasteiger partial charge in [0.05, 0.1) is 24.1 Å². The zero-order valence-corrected chi connectivity index (χ0v) is 14.4. The van der Waals surface area contributed by atoms with Crippen molar-refractivity contribution in [2.24, 2.45) is 0 Å². The largest absolute Gasteiger partial charge is 0.493 e. The summed E-state index contributed by atoms with van der Waals surface area (Å²) in [4.78, 5) is 28.8. The first-order valence-electron chi connectivity index (χ1n) is 7.64. The first-order chi connectivity index (χ1) is 12.4. The third kappa shape index (κ3) is 3.25. The highest BCUT2D eigenvalue weighted by Crippen LogP contribution is 2.33. The number of aromatic nitrogens is 2. The summed E-state index contributed by atoms with van der Waals surface area (Å²) in [5.74, 6) is -2.65. The molecule has 0 aliphatic rings. The molecular formula is C18H14ClFN2O4. The molecule has 8 heteroatoms. The van der Waals surface area contributed by atoms with E-state index in [1.165, 1.54) is 29.8 Å². The number of halogens is 2. The minimum atomic E-state index is -0.905. The monoisotopic (exact) mass is 376 g/mol. The van der Waals surface area contributed by atoms with Crippen molar-refractivity contribution < 1.29 is 19.0 Å². The SMILES string of the molecule is COC(=O)C[C@@H](c1ccc(F)c(Cl)c1)c1c(O)nc2ccccn2c1=O. The highest BCUT2D eigenvalue weighted by atomic mass is 35.5. The van der Waals surface area contributed by atoms with Gasteiger partial charge in [0, 0.05) is 12.1 Å². The molecule has 0 bridgehead atoms. The first kappa shape index (κ1) is 17.9. The number of hydrogen-bond acceptors (Lipinski definition) is 5. The molecule has 0 aliphatic carbocycles. The van der Waals surface area contributed by atoms with Crippen LogP contribution in [0.3, 0.4) is 0 Å². The van der Waals surface area contributed by atoms with E-state index in [2.05, 4.69) is 9.72 Å². The molecule has 0 fully saturated rings. The zero-order chi connectivity index (χ0) is 18.8. The van der Waals surface area contributed by atoms with Crippen molar-refractivity contribution in [3.05, 3.63) is 74.9 Å². The van der Waals surface area contributed by atoms with E-state index in [9.17, 15) is 19.1 Å². The number of aromatic hydroxyl groups is 1. The van der Waals surface area contributed by atoms with E-state index in [-0.39, 0.29) is 22.7 Å². The van der Waals surface area contributed by atoms with Crippen LogP contribution in [0.15, 0.2) is 47.4 Å². The van der Waals surface area contributed by atoms with Gasteiger partial charge >= 0.3 is 5.97 Å². The van der Waals surface area contributed by atoms with Crippen molar-refractivity contribution in [2.45, 2.75) is 12.3 Å². The molecule has 0 aliphatic heterocycles. The molecule has 0 unspecified atom stereocenters. The standard InChI is InChI=1S/C18H14ClFN2O4/c1-26-15(23)9-11(10-5-6-13(20)12(19)8-10)16-17(24)21-14-4-2-3-7-22(14)18(16)25/h2-8,11,24H,9H2,1H3/t11-/m0/s1. The van der Waals surface area contributed by atoms with Gasteiger partial charge in [-0.3, -0.25) is 14.0 Å². The number of nitrogens with zero attached hydrogens (tertiary/aromatic N) is 2. The molecule has 0 saturated heterocycles. The van der Waals surface area contributed by atoms with Crippen LogP contribution < -0.4 is 5.56 Å². The molecule has 26 heavy (non-hydrogen) atoms. The van der Waals surface area contributed by atoms with Crippen LogP contribution in [0, 0.1) is 5.82 Å². The van der Waals surface area contributed by atoms with E-state index in [1.807, 2.05) is 0 Å². The molecule has 2 aromatic heterocycles. The summed E-state index contributed by atoms with van der Waals surface area (Å²) in [6, 6.07) is 8.71. The molecule has 1 aromatic carbocycles. The summed E-state index contributed by atoms with van der Waals surface area (Å²) in [5.41, 5.74) is 0.00353. The molecule has 0 saturated carbocycles. The van der Waals surface area contributed by atoms with E-state index < -0.39 is 29.1 Å². The number of fused-ring (bicyclic) bond motifs is 1. The predicted octanol–water partition coefficient (Wildman–Crippen LogP) is 2.89. The fourth-order valence-electron chi connectivity index (χ4n) is 2.76. The Labute approximate surface area is 152 Å². The fraction of sp³-hybridized carbons (Fsp3) is 0.167. The number of methoxy groups -OCH3 is 1. The van der Waals surface area contributed by atoms with Crippen LogP contribution in [0.25, 0.3) is 5.65 Å². The lowest BCUT2D eigenvalue weighted by molar-refractivity contribution is -0.140. The zero-order valence-electron chi connectivity index (χ0n) is 13.6. The number of esters is 1. The number of carbonyl (C=O) groups excluding carboxylic acids is 1. The van der Waals surface area contributed by atoms with Gasteiger partial charge in [-0.15, -0.1) is 0 Å². The van der Waals surface area contributed by atoms with Crippen molar-refractivity contribution >= 4 is 23.2 Å². The van der Waals surface area contributed by atoms with Crippen LogP contribution in [0.5, 0.6) is 5.88 Å². The Morgan fingerprint density at radius 3 is 2.85 bits per heavy atom. The van der Waals surface area contributed by atoms with E-state index in [0.29, 0.717) is 5.56 Å². The maximum atomic E-state index is 13.5. The van der Waals surface area contributed by atoms with Crippen molar-refractivity contribution in [3.8, 4) is 5.88 Å². The number of ether oxygens (including phenoxy) is 1. The van der Waals surface area contributed by atoms with Gasteiger partial charge in [0.25, 0.3) is 5.56 Å². The molecule has 1 atom stereocenters. The minimum Gasteiger partial charge on any atom is -0.493 e. The van der Waals surface area contributed by atoms with Gasteiger partial charge in [-0.1, -0.05) is 23.7 Å². The Bertz CT molecular complexity index is 1050. The van der Waals surface area contributed by atoms with Crippen molar-refractivity contribution in [1.29, 1.82) is 0 Å². The van der Waals surface area contributed by atoms with Crippen molar-refractivity contribution in [3.63, 3.8) is 0 Å². The summed E-state index contributed by atoms with van der Waals surface area (Å²) >= 11 is 5.84. The number of rotatable bonds is 4. The fourth-order valence-corrected chi connectivity index (χ4v) is 2.95. The van der Waals surface area contributed by atoms with Gasteiger partial charge in [-0.25, -0.2) is 4.39 Å². The Kier molecular flexibility index (Phi) is 4.90. The van der Waals surface area contributed by atoms with Crippen molar-refractivity contribution in [1.82, 2.24) is 9.38 Å². The average molecular weight is 377 g/mol. The highest BCUT2D eigenvalue weighted by Gasteiger charge is 2.27. The van der Waals surface area contributed by atoms with Gasteiger partial charge in [0.1, 0.15) is 11.5 Å². The molecule has 3 aromatic rings. The Balaban J connectivity index is 2.24. The van der Waals surface area contributed by atoms with Crippen LogP contribution >= 0.6 is 11.6 Å². The number of carbonyl (C=O) groups is 1. The topological polar surface area (TPSA) is 80.9 Å². The smallest absolute Gasteiger partial charge is 0.306 e. The molecule has 134 valence electrons. The van der Waals surface area contributed by atoms with Crippen molar-refractivity contribution in [2.75, 3.05) is 7.11 Å². The summed E-state index contributed by atoms with van der Waals surface area (Å²) in [5, 5.41) is 10.2. The summed E-state index contributed by atoms with van der Waals surface area (Å²) in [6.07, 6.45) is 1.25. The van der Waals surface area contributed by atoms with Crippen LogP contribution in [-0.4, -0.2) is 27.6 Å². The third-order valence-corrected chi connectivity index (χ3v) is 4.33. The molecule has 1 N–H and O–H groups in total. The lowest BCUT2D eigenvalue weighted by Crippen LogP contribution is -2.24. The van der Waals surface area contributed by atoms with Crippen LogP contribution in [-0.2, 0) is 9.53 Å². The first-order valence-corrected chi connectivity index (χ1v) is 8.02. The second kappa shape index (κ2) is 7.13. The van der Waals surface area contributed by atoms with Gasteiger partial charge < -0.3 is 9.84 Å². The van der Waals surface area contributed by atoms with Gasteiger partial charge in [-0.2, -0.15) is 4.98 Å². The number of pyridine rings is 1. The second-order valence-electron chi connectivity index (χ2n) is 5.59. The van der Waals surface area contributed by atoms with E-state index in [1.54, 1.807) is 18.2 Å². The maximum absolute atomic E-state index is 13.5. The van der Waals surface area contributed by atoms with Crippen LogP contribution in [0.1, 0.15) is 23.5 Å². The van der Waals surface area contributed by atoms with E-state index >= 15 is 0 Å². The lowest BCUT2D eigenvalue weighted by Gasteiger charge is -2.18. The quantitative estimate of drug-likeness (QED) is 0.708. The molecule has 2 heterocycles. The van der Waals surface area contributed by atoms with Gasteiger partial charge in [0.15, 0.2) is 0 Å². The van der Waals surface area contributed by atoms with Crippen LogP contribution in [0.4, 0.5) is 4.39 Å². The highest BCUT2D eigenvalue weighted by molar-refractivity contribution is 6.30. The Hall–Kier alpha value is -2.93. The molecular weight excluding hydrogens is 363 g/mol. The molecule has 0 radical (unpaired) electrons. The van der Waals surface area contributed by atoms with Crippen LogP contribution in [0.2, 0.25) is 5.02 Å². The summed E-state index contributed by atoms with van der Waals surface area (Å²) < 4.78 is 19.5. The molecule has 0 spiro atoms. The lowest BCUT2D eigenvalue weighted by atomic mass is 9.89. The average Bonchev–Trinajstić information content (AvgIpc) is 2.63. The number of benzene rings is 1. The Morgan fingerprint density at radius 1 is 1.38 bits per heavy atom. The minimum absolute atomic E-state index is 0.0956. The third-order valence-electron chi connectivity index (χ3n) is 4.04. The van der Waals surface area contributed by atoms with Gasteiger partial charge in [0.2, 0.25) is 5.88 Å². The van der Waals surface area contributed by atoms with Gasteiger partial charge in [-0.05, 0) is 29.8 Å². The summed E-state index contributed by atoms with van der Waals surface area (Å²) in [7, 11) is 1.21. The predicted molar refractivity (Wildman–Crippen MR) is 93.0 cm³/mol. The molecule has 3 rings (SSSR count). The second-order valence-corrected chi connectivity index (χ2v) is 6.00. The normalized spacial score (nSPS) is 12.1. The van der Waals surface area contributed by atoms with E-state index in [0.717, 1.165) is 6.07 Å². The Morgan fingerprint density at radius 2 is 2.15 bits per heavy atom. The molecule has 6 nitrogen and oxygen atoms in total. The molecule has 0 amide bonds. The maximum Gasteiger partial charge on any atom is 0.306 e.